The van der Waals surface area contributed by atoms with E-state index in [1.54, 1.807) is 19.2 Å². The van der Waals surface area contributed by atoms with Crippen molar-refractivity contribution in [2.75, 3.05) is 32.1 Å². The molecule has 0 aliphatic carbocycles. The molecule has 0 saturated carbocycles. The van der Waals surface area contributed by atoms with Gasteiger partial charge < -0.3 is 20.1 Å². The molecule has 2 heterocycles. The highest BCUT2D eigenvalue weighted by Crippen LogP contribution is 2.35. The first-order valence-corrected chi connectivity index (χ1v) is 10.3. The van der Waals surface area contributed by atoms with E-state index < -0.39 is 0 Å². The first-order valence-electron chi connectivity index (χ1n) is 9.52. The Kier molecular flexibility index (Phi) is 6.10. The zero-order valence-corrected chi connectivity index (χ0v) is 17.6. The van der Waals surface area contributed by atoms with Gasteiger partial charge in [-0.25, -0.2) is 14.4 Å². The van der Waals surface area contributed by atoms with E-state index >= 15 is 0 Å². The molecule has 1 saturated heterocycles. The summed E-state index contributed by atoms with van der Waals surface area (Å²) in [7, 11) is 1.60. The lowest BCUT2D eigenvalue weighted by Crippen LogP contribution is -2.33. The average molecular weight is 461 g/mol. The number of benzene rings is 2. The summed E-state index contributed by atoms with van der Waals surface area (Å²) < 4.78 is 26.5. The largest absolute Gasteiger partial charge is 0.493 e. The Hall–Kier alpha value is -2.45. The van der Waals surface area contributed by atoms with Crippen LogP contribution in [0.4, 0.5) is 15.9 Å². The van der Waals surface area contributed by atoms with Gasteiger partial charge in [-0.3, -0.25) is 0 Å². The normalized spacial score (nSPS) is 16.6. The van der Waals surface area contributed by atoms with Crippen LogP contribution in [0.2, 0.25) is 0 Å². The van der Waals surface area contributed by atoms with Crippen LogP contribution >= 0.6 is 15.9 Å². The highest BCUT2D eigenvalue weighted by Gasteiger charge is 2.17. The molecule has 0 amide bonds. The van der Waals surface area contributed by atoms with Crippen molar-refractivity contribution in [3.05, 3.63) is 46.9 Å². The summed E-state index contributed by atoms with van der Waals surface area (Å²) in [6.07, 6.45) is 3.76. The molecule has 1 atom stereocenters. The van der Waals surface area contributed by atoms with Gasteiger partial charge in [-0.05, 0) is 43.7 Å². The van der Waals surface area contributed by atoms with Gasteiger partial charge in [0.25, 0.3) is 0 Å². The minimum Gasteiger partial charge on any atom is -0.493 e. The minimum absolute atomic E-state index is 0.331. The molecular weight excluding hydrogens is 439 g/mol. The summed E-state index contributed by atoms with van der Waals surface area (Å²) in [6.45, 7) is 2.65. The summed E-state index contributed by atoms with van der Waals surface area (Å²) in [5.74, 6) is 1.84. The number of nitrogens with one attached hydrogen (secondary N) is 2. The number of piperidine rings is 1. The molecule has 3 aromatic rings. The van der Waals surface area contributed by atoms with Crippen LogP contribution in [0, 0.1) is 11.7 Å². The number of aromatic nitrogens is 2. The van der Waals surface area contributed by atoms with Crippen molar-refractivity contribution in [2.45, 2.75) is 12.8 Å². The smallest absolute Gasteiger partial charge is 0.163 e. The maximum Gasteiger partial charge on any atom is 0.163 e. The fourth-order valence-corrected chi connectivity index (χ4v) is 3.76. The van der Waals surface area contributed by atoms with Gasteiger partial charge in [-0.15, -0.1) is 0 Å². The van der Waals surface area contributed by atoms with Crippen LogP contribution in [0.5, 0.6) is 11.5 Å². The predicted molar refractivity (Wildman–Crippen MR) is 115 cm³/mol. The maximum absolute atomic E-state index is 14.2. The molecule has 0 radical (unpaired) electrons. The van der Waals surface area contributed by atoms with Gasteiger partial charge in [0.05, 0.1) is 24.9 Å². The third-order valence-corrected chi connectivity index (χ3v) is 5.47. The second kappa shape index (κ2) is 8.92. The van der Waals surface area contributed by atoms with Crippen molar-refractivity contribution in [1.82, 2.24) is 15.3 Å². The molecule has 29 heavy (non-hydrogen) atoms. The Balaban J connectivity index is 1.62. The highest BCUT2D eigenvalue weighted by molar-refractivity contribution is 9.10. The van der Waals surface area contributed by atoms with E-state index in [-0.39, 0.29) is 5.82 Å². The van der Waals surface area contributed by atoms with Crippen molar-refractivity contribution in [3.8, 4) is 11.5 Å². The van der Waals surface area contributed by atoms with Gasteiger partial charge in [0.1, 0.15) is 18.0 Å². The SMILES string of the molecule is COc1cc2c(Nc3ccc(Br)cc3F)ncnc2cc1OC[C@@H]1CCCNC1. The topological polar surface area (TPSA) is 68.3 Å². The highest BCUT2D eigenvalue weighted by atomic mass is 79.9. The Labute approximate surface area is 177 Å². The van der Waals surface area contributed by atoms with Gasteiger partial charge in [-0.1, -0.05) is 15.9 Å². The standard InChI is InChI=1S/C21H22BrFN4O2/c1-28-19-8-15-18(9-20(19)29-11-13-3-2-6-24-10-13)25-12-26-21(15)27-17-5-4-14(22)7-16(17)23/h4-5,7-9,12-13,24H,2-3,6,10-11H2,1H3,(H,25,26,27)/t13-/m1/s1. The summed E-state index contributed by atoms with van der Waals surface area (Å²) in [6, 6.07) is 8.48. The van der Waals surface area contributed by atoms with Crippen molar-refractivity contribution in [3.63, 3.8) is 0 Å². The van der Waals surface area contributed by atoms with E-state index in [2.05, 4.69) is 36.5 Å². The fraction of sp³-hybridized carbons (Fsp3) is 0.333. The lowest BCUT2D eigenvalue weighted by molar-refractivity contribution is 0.211. The number of anilines is 2. The van der Waals surface area contributed by atoms with Crippen LogP contribution in [0.25, 0.3) is 10.9 Å². The number of rotatable bonds is 6. The molecule has 6 nitrogen and oxygen atoms in total. The van der Waals surface area contributed by atoms with Gasteiger partial charge >= 0.3 is 0 Å². The third kappa shape index (κ3) is 4.59. The summed E-state index contributed by atoms with van der Waals surface area (Å²) in [5.41, 5.74) is 1.02. The van der Waals surface area contributed by atoms with Crippen molar-refractivity contribution < 1.29 is 13.9 Å². The third-order valence-electron chi connectivity index (χ3n) is 4.98. The molecular formula is C21H22BrFN4O2. The quantitative estimate of drug-likeness (QED) is 0.557. The number of hydrogen-bond donors (Lipinski definition) is 2. The number of ether oxygens (including phenoxy) is 2. The van der Waals surface area contributed by atoms with E-state index in [1.165, 1.54) is 12.4 Å². The van der Waals surface area contributed by atoms with E-state index in [0.717, 1.165) is 31.3 Å². The molecule has 0 bridgehead atoms. The van der Waals surface area contributed by atoms with E-state index in [4.69, 9.17) is 9.47 Å². The number of fused-ring (bicyclic) bond motifs is 1. The number of methoxy groups -OCH3 is 1. The van der Waals surface area contributed by atoms with Crippen LogP contribution in [-0.2, 0) is 0 Å². The summed E-state index contributed by atoms with van der Waals surface area (Å²) in [4.78, 5) is 8.64. The number of nitrogens with zero attached hydrogens (tertiary/aromatic N) is 2. The maximum atomic E-state index is 14.2. The molecule has 2 N–H and O–H groups in total. The zero-order chi connectivity index (χ0) is 20.2. The minimum atomic E-state index is -0.376. The van der Waals surface area contributed by atoms with Crippen LogP contribution in [0.15, 0.2) is 41.1 Å². The molecule has 1 aliphatic heterocycles. The molecule has 2 aromatic carbocycles. The molecule has 1 fully saturated rings. The molecule has 0 spiro atoms. The first kappa shape index (κ1) is 19.8. The van der Waals surface area contributed by atoms with Crippen molar-refractivity contribution in [2.24, 2.45) is 5.92 Å². The zero-order valence-electron chi connectivity index (χ0n) is 16.0. The summed E-state index contributed by atoms with van der Waals surface area (Å²) in [5, 5.41) is 7.16. The van der Waals surface area contributed by atoms with Gasteiger partial charge in [0, 0.05) is 28.4 Å². The van der Waals surface area contributed by atoms with Crippen LogP contribution in [0.1, 0.15) is 12.8 Å². The molecule has 1 aliphatic rings. The van der Waals surface area contributed by atoms with Crippen LogP contribution in [-0.4, -0.2) is 36.8 Å². The lowest BCUT2D eigenvalue weighted by Gasteiger charge is -2.23. The molecule has 8 heteroatoms. The first-order chi connectivity index (χ1) is 14.1. The molecule has 4 rings (SSSR count). The average Bonchev–Trinajstić information content (AvgIpc) is 2.74. The monoisotopic (exact) mass is 460 g/mol. The molecule has 0 unspecified atom stereocenters. The lowest BCUT2D eigenvalue weighted by atomic mass is 10.0. The van der Waals surface area contributed by atoms with Gasteiger partial charge in [0.2, 0.25) is 0 Å². The van der Waals surface area contributed by atoms with Crippen LogP contribution in [0.3, 0.4) is 0 Å². The van der Waals surface area contributed by atoms with Gasteiger partial charge in [-0.2, -0.15) is 0 Å². The number of halogens is 2. The Morgan fingerprint density at radius 2 is 2.14 bits per heavy atom. The number of hydrogen-bond acceptors (Lipinski definition) is 6. The fourth-order valence-electron chi connectivity index (χ4n) is 3.43. The van der Waals surface area contributed by atoms with Gasteiger partial charge in [0.15, 0.2) is 11.5 Å². The molecule has 152 valence electrons. The Morgan fingerprint density at radius 1 is 1.24 bits per heavy atom. The second-order valence-corrected chi connectivity index (χ2v) is 7.93. The van der Waals surface area contributed by atoms with Crippen LogP contribution < -0.4 is 20.1 Å². The Bertz CT molecular complexity index is 1010. The van der Waals surface area contributed by atoms with E-state index in [1.807, 2.05) is 12.1 Å². The Morgan fingerprint density at radius 3 is 2.90 bits per heavy atom. The predicted octanol–water partition coefficient (Wildman–Crippen LogP) is 4.66. The van der Waals surface area contributed by atoms with Crippen molar-refractivity contribution >= 4 is 38.3 Å². The van der Waals surface area contributed by atoms with E-state index in [9.17, 15) is 4.39 Å². The van der Waals surface area contributed by atoms with Crippen molar-refractivity contribution in [1.29, 1.82) is 0 Å². The molecule has 1 aromatic heterocycles. The summed E-state index contributed by atoms with van der Waals surface area (Å²) >= 11 is 3.26. The van der Waals surface area contributed by atoms with E-state index in [0.29, 0.717) is 45.5 Å². The second-order valence-electron chi connectivity index (χ2n) is 7.02.